The van der Waals surface area contributed by atoms with Crippen molar-refractivity contribution in [3.63, 3.8) is 0 Å². The average Bonchev–Trinajstić information content (AvgIpc) is 2.91. The number of aliphatic hydroxyl groups is 1. The number of thiophene rings is 1. The van der Waals surface area contributed by atoms with E-state index >= 15 is 0 Å². The molecule has 1 heterocycles. The Morgan fingerprint density at radius 1 is 1.25 bits per heavy atom. The SMILES string of the molecule is O=S(=O)(NCCc1ccsc1)c1ccc(CO)cc1Br. The van der Waals surface area contributed by atoms with Crippen LogP contribution in [0.4, 0.5) is 0 Å². The summed E-state index contributed by atoms with van der Waals surface area (Å²) < 4.78 is 27.4. The molecule has 0 aliphatic heterocycles. The highest BCUT2D eigenvalue weighted by Gasteiger charge is 2.17. The minimum absolute atomic E-state index is 0.121. The molecular weight excluding hydrogens is 362 g/mol. The molecule has 2 rings (SSSR count). The van der Waals surface area contributed by atoms with Crippen LogP contribution < -0.4 is 4.72 Å². The van der Waals surface area contributed by atoms with Gasteiger partial charge in [-0.3, -0.25) is 0 Å². The molecule has 2 N–H and O–H groups in total. The number of halogens is 1. The second-order valence-corrected chi connectivity index (χ2v) is 7.57. The summed E-state index contributed by atoms with van der Waals surface area (Å²) in [6, 6.07) is 6.67. The normalized spacial score (nSPS) is 11.7. The monoisotopic (exact) mass is 375 g/mol. The predicted molar refractivity (Wildman–Crippen MR) is 83.3 cm³/mol. The fourth-order valence-electron chi connectivity index (χ4n) is 1.70. The lowest BCUT2D eigenvalue weighted by atomic mass is 10.2. The van der Waals surface area contributed by atoms with Gasteiger partial charge in [0.05, 0.1) is 11.5 Å². The van der Waals surface area contributed by atoms with Gasteiger partial charge in [0.25, 0.3) is 0 Å². The first kappa shape index (κ1) is 15.7. The summed E-state index contributed by atoms with van der Waals surface area (Å²) in [5, 5.41) is 13.0. The molecule has 0 saturated carbocycles. The smallest absolute Gasteiger partial charge is 0.241 e. The Kier molecular flexibility index (Phi) is 5.34. The number of benzene rings is 1. The van der Waals surface area contributed by atoms with Crippen molar-refractivity contribution in [2.75, 3.05) is 6.54 Å². The van der Waals surface area contributed by atoms with Gasteiger partial charge in [-0.05, 0) is 62.4 Å². The fourth-order valence-corrected chi connectivity index (χ4v) is 4.56. The Morgan fingerprint density at radius 3 is 2.65 bits per heavy atom. The molecule has 0 amide bonds. The van der Waals surface area contributed by atoms with Crippen LogP contribution in [0, 0.1) is 0 Å². The summed E-state index contributed by atoms with van der Waals surface area (Å²) in [6.45, 7) is 0.234. The van der Waals surface area contributed by atoms with Crippen LogP contribution >= 0.6 is 27.3 Å². The van der Waals surface area contributed by atoms with E-state index in [0.29, 0.717) is 23.0 Å². The van der Waals surface area contributed by atoms with Crippen LogP contribution in [0.3, 0.4) is 0 Å². The molecule has 0 saturated heterocycles. The van der Waals surface area contributed by atoms with E-state index < -0.39 is 10.0 Å². The zero-order valence-corrected chi connectivity index (χ0v) is 13.8. The van der Waals surface area contributed by atoms with Crippen LogP contribution in [0.15, 0.2) is 44.4 Å². The van der Waals surface area contributed by atoms with Gasteiger partial charge in [-0.15, -0.1) is 0 Å². The minimum atomic E-state index is -3.54. The van der Waals surface area contributed by atoms with Crippen LogP contribution in [0.2, 0.25) is 0 Å². The van der Waals surface area contributed by atoms with Crippen molar-refractivity contribution in [3.05, 3.63) is 50.6 Å². The van der Waals surface area contributed by atoms with Crippen molar-refractivity contribution in [2.24, 2.45) is 0 Å². The fraction of sp³-hybridized carbons (Fsp3) is 0.231. The molecule has 0 aliphatic rings. The first-order valence-electron chi connectivity index (χ1n) is 5.93. The Morgan fingerprint density at radius 2 is 2.05 bits per heavy atom. The summed E-state index contributed by atoms with van der Waals surface area (Å²) in [5.74, 6) is 0. The standard InChI is InChI=1S/C13H14BrNO3S2/c14-12-7-11(8-16)1-2-13(12)20(17,18)15-5-3-10-4-6-19-9-10/h1-2,4,6-7,9,15-16H,3,5,8H2. The highest BCUT2D eigenvalue weighted by molar-refractivity contribution is 9.10. The molecule has 0 radical (unpaired) electrons. The van der Waals surface area contributed by atoms with Crippen LogP contribution in [0.25, 0.3) is 0 Å². The van der Waals surface area contributed by atoms with Gasteiger partial charge in [0.2, 0.25) is 10.0 Å². The number of hydrogen-bond acceptors (Lipinski definition) is 4. The van der Waals surface area contributed by atoms with E-state index in [1.54, 1.807) is 23.5 Å². The molecule has 0 bridgehead atoms. The maximum atomic E-state index is 12.2. The first-order chi connectivity index (χ1) is 9.53. The van der Waals surface area contributed by atoms with E-state index in [1.165, 1.54) is 6.07 Å². The molecule has 0 unspecified atom stereocenters. The minimum Gasteiger partial charge on any atom is -0.392 e. The second-order valence-electron chi connectivity index (χ2n) is 4.20. The number of hydrogen-bond donors (Lipinski definition) is 2. The number of aliphatic hydroxyl groups excluding tert-OH is 1. The van der Waals surface area contributed by atoms with E-state index in [0.717, 1.165) is 5.56 Å². The van der Waals surface area contributed by atoms with Crippen molar-refractivity contribution < 1.29 is 13.5 Å². The summed E-state index contributed by atoms with van der Waals surface area (Å²) in [5.41, 5.74) is 1.78. The highest BCUT2D eigenvalue weighted by Crippen LogP contribution is 2.23. The van der Waals surface area contributed by atoms with Gasteiger partial charge >= 0.3 is 0 Å². The van der Waals surface area contributed by atoms with Gasteiger partial charge in [-0.2, -0.15) is 11.3 Å². The van der Waals surface area contributed by atoms with Crippen LogP contribution in [-0.2, 0) is 23.1 Å². The third kappa shape index (κ3) is 3.89. The molecule has 0 spiro atoms. The van der Waals surface area contributed by atoms with Crippen molar-refractivity contribution >= 4 is 37.3 Å². The van der Waals surface area contributed by atoms with Crippen LogP contribution in [0.1, 0.15) is 11.1 Å². The Bertz CT molecular complexity index is 669. The van der Waals surface area contributed by atoms with E-state index in [2.05, 4.69) is 20.7 Å². The molecule has 4 nitrogen and oxygen atoms in total. The Labute approximate surface area is 130 Å². The van der Waals surface area contributed by atoms with Crippen molar-refractivity contribution in [1.29, 1.82) is 0 Å². The summed E-state index contributed by atoms with van der Waals surface area (Å²) in [4.78, 5) is 0.181. The van der Waals surface area contributed by atoms with Gasteiger partial charge in [0.1, 0.15) is 0 Å². The quantitative estimate of drug-likeness (QED) is 0.814. The lowest BCUT2D eigenvalue weighted by molar-refractivity contribution is 0.281. The van der Waals surface area contributed by atoms with E-state index in [9.17, 15) is 8.42 Å². The van der Waals surface area contributed by atoms with Gasteiger partial charge in [0.15, 0.2) is 0 Å². The number of sulfonamides is 1. The van der Waals surface area contributed by atoms with E-state index in [-0.39, 0.29) is 11.5 Å². The van der Waals surface area contributed by atoms with Crippen molar-refractivity contribution in [2.45, 2.75) is 17.9 Å². The predicted octanol–water partition coefficient (Wildman–Crippen LogP) is 2.52. The molecular formula is C13H14BrNO3S2. The Hall–Kier alpha value is -0.730. The topological polar surface area (TPSA) is 66.4 Å². The number of rotatable bonds is 6. The van der Waals surface area contributed by atoms with E-state index in [4.69, 9.17) is 5.11 Å². The second kappa shape index (κ2) is 6.82. The Balaban J connectivity index is 2.06. The molecule has 1 aromatic heterocycles. The summed E-state index contributed by atoms with van der Waals surface area (Å²) >= 11 is 4.82. The largest absolute Gasteiger partial charge is 0.392 e. The lowest BCUT2D eigenvalue weighted by Crippen LogP contribution is -2.26. The third-order valence-corrected chi connectivity index (χ3v) is 5.92. The zero-order valence-electron chi connectivity index (χ0n) is 10.5. The molecule has 1 aromatic carbocycles. The van der Waals surface area contributed by atoms with E-state index in [1.807, 2.05) is 16.8 Å². The average molecular weight is 376 g/mol. The maximum Gasteiger partial charge on any atom is 0.241 e. The summed E-state index contributed by atoms with van der Waals surface area (Å²) in [7, 11) is -3.54. The van der Waals surface area contributed by atoms with Crippen LogP contribution in [-0.4, -0.2) is 20.1 Å². The van der Waals surface area contributed by atoms with Crippen molar-refractivity contribution in [3.8, 4) is 0 Å². The molecule has 2 aromatic rings. The lowest BCUT2D eigenvalue weighted by Gasteiger charge is -2.09. The van der Waals surface area contributed by atoms with Crippen molar-refractivity contribution in [1.82, 2.24) is 4.72 Å². The molecule has 0 fully saturated rings. The molecule has 20 heavy (non-hydrogen) atoms. The third-order valence-electron chi connectivity index (χ3n) is 2.75. The first-order valence-corrected chi connectivity index (χ1v) is 9.15. The number of nitrogens with one attached hydrogen (secondary N) is 1. The van der Waals surface area contributed by atoms with Gasteiger partial charge in [-0.25, -0.2) is 13.1 Å². The van der Waals surface area contributed by atoms with Gasteiger partial charge < -0.3 is 5.11 Å². The molecule has 0 aliphatic carbocycles. The van der Waals surface area contributed by atoms with Crippen LogP contribution in [0.5, 0.6) is 0 Å². The summed E-state index contributed by atoms with van der Waals surface area (Å²) in [6.07, 6.45) is 0.662. The van der Waals surface area contributed by atoms with Gasteiger partial charge in [-0.1, -0.05) is 6.07 Å². The molecule has 108 valence electrons. The molecule has 0 atom stereocenters. The van der Waals surface area contributed by atoms with Gasteiger partial charge in [0, 0.05) is 11.0 Å². The maximum absolute atomic E-state index is 12.2. The highest BCUT2D eigenvalue weighted by atomic mass is 79.9. The molecule has 7 heteroatoms. The zero-order chi connectivity index (χ0) is 14.6.